The zero-order chi connectivity index (χ0) is 12.3. The summed E-state index contributed by atoms with van der Waals surface area (Å²) in [7, 11) is 0. The van der Waals surface area contributed by atoms with Gasteiger partial charge in [-0.2, -0.15) is 0 Å². The molecule has 0 aromatic heterocycles. The molecule has 4 nitrogen and oxygen atoms in total. The van der Waals surface area contributed by atoms with Gasteiger partial charge in [-0.15, -0.1) is 0 Å². The zero-order valence-electron chi connectivity index (χ0n) is 10.3. The lowest BCUT2D eigenvalue weighted by atomic mass is 9.58. The Morgan fingerprint density at radius 1 is 1.47 bits per heavy atom. The van der Waals surface area contributed by atoms with Crippen molar-refractivity contribution in [3.8, 4) is 0 Å². The second-order valence-corrected chi connectivity index (χ2v) is 5.76. The minimum atomic E-state index is -0.319. The zero-order valence-corrected chi connectivity index (χ0v) is 10.3. The van der Waals surface area contributed by atoms with Crippen LogP contribution in [0.1, 0.15) is 46.0 Å². The lowest BCUT2D eigenvalue weighted by Gasteiger charge is -2.47. The van der Waals surface area contributed by atoms with E-state index in [1.54, 1.807) is 0 Å². The monoisotopic (exact) mass is 238 g/mol. The first kappa shape index (κ1) is 11.2. The molecule has 94 valence electrons. The van der Waals surface area contributed by atoms with Crippen LogP contribution in [0.4, 0.5) is 0 Å². The fourth-order valence-corrected chi connectivity index (χ4v) is 3.83. The van der Waals surface area contributed by atoms with Gasteiger partial charge < -0.3 is 9.47 Å². The Morgan fingerprint density at radius 2 is 2.24 bits per heavy atom. The van der Waals surface area contributed by atoms with E-state index in [1.807, 2.05) is 0 Å². The highest BCUT2D eigenvalue weighted by Gasteiger charge is 2.74. The average molecular weight is 238 g/mol. The van der Waals surface area contributed by atoms with Gasteiger partial charge in [0.05, 0.1) is 0 Å². The summed E-state index contributed by atoms with van der Waals surface area (Å²) in [6.45, 7) is 3.57. The van der Waals surface area contributed by atoms with Crippen LogP contribution in [0.3, 0.4) is 0 Å². The molecular formula is C13H18O4. The van der Waals surface area contributed by atoms with E-state index < -0.39 is 0 Å². The summed E-state index contributed by atoms with van der Waals surface area (Å²) >= 11 is 0. The van der Waals surface area contributed by atoms with E-state index in [4.69, 9.17) is 9.47 Å². The number of carbonyl (C=O) groups is 2. The van der Waals surface area contributed by atoms with Gasteiger partial charge in [0.15, 0.2) is 5.78 Å². The molecule has 0 unspecified atom stereocenters. The molecule has 4 heteroatoms. The topological polar surface area (TPSA) is 55.9 Å². The maximum absolute atomic E-state index is 11.7. The third-order valence-corrected chi connectivity index (χ3v) is 4.88. The summed E-state index contributed by atoms with van der Waals surface area (Å²) in [6, 6.07) is 0. The van der Waals surface area contributed by atoms with Gasteiger partial charge in [0, 0.05) is 18.8 Å². The first-order valence-electron chi connectivity index (χ1n) is 6.37. The minimum Gasteiger partial charge on any atom is -0.462 e. The third-order valence-electron chi connectivity index (χ3n) is 4.88. The molecule has 0 radical (unpaired) electrons. The SMILES string of the molecule is CC(=O)O[C@@H]1CCC[C@]23O[C@H]2C(=O)CC[C@@]13C. The van der Waals surface area contributed by atoms with Crippen LogP contribution in [-0.4, -0.2) is 29.6 Å². The van der Waals surface area contributed by atoms with Gasteiger partial charge in [0.1, 0.15) is 17.8 Å². The first-order valence-corrected chi connectivity index (χ1v) is 6.37. The molecule has 0 bridgehead atoms. The molecule has 3 fully saturated rings. The Labute approximate surface area is 101 Å². The molecule has 1 saturated heterocycles. The summed E-state index contributed by atoms with van der Waals surface area (Å²) in [4.78, 5) is 22.9. The molecule has 4 atom stereocenters. The number of ether oxygens (including phenoxy) is 2. The van der Waals surface area contributed by atoms with E-state index in [2.05, 4.69) is 6.92 Å². The average Bonchev–Trinajstić information content (AvgIpc) is 2.98. The maximum Gasteiger partial charge on any atom is 0.302 e. The van der Waals surface area contributed by atoms with Crippen LogP contribution in [0.2, 0.25) is 0 Å². The second kappa shape index (κ2) is 3.31. The number of carbonyl (C=O) groups excluding carboxylic acids is 2. The summed E-state index contributed by atoms with van der Waals surface area (Å²) in [6.07, 6.45) is 3.81. The van der Waals surface area contributed by atoms with E-state index in [9.17, 15) is 9.59 Å². The predicted molar refractivity (Wildman–Crippen MR) is 59.4 cm³/mol. The highest BCUT2D eigenvalue weighted by atomic mass is 16.6. The first-order chi connectivity index (χ1) is 7.99. The Kier molecular flexibility index (Phi) is 2.18. The van der Waals surface area contributed by atoms with Gasteiger partial charge in [-0.3, -0.25) is 9.59 Å². The van der Waals surface area contributed by atoms with Crippen molar-refractivity contribution < 1.29 is 19.1 Å². The molecule has 0 aromatic carbocycles. The third kappa shape index (κ3) is 1.33. The summed E-state index contributed by atoms with van der Waals surface area (Å²) in [5.41, 5.74) is -0.490. The fourth-order valence-electron chi connectivity index (χ4n) is 3.83. The number of rotatable bonds is 1. The van der Waals surface area contributed by atoms with E-state index >= 15 is 0 Å². The number of Topliss-reactive ketones (excluding diaryl/α,β-unsaturated/α-hetero) is 1. The van der Waals surface area contributed by atoms with Crippen molar-refractivity contribution in [2.45, 2.75) is 63.8 Å². The molecule has 2 aliphatic carbocycles. The number of hydrogen-bond acceptors (Lipinski definition) is 4. The molecule has 0 amide bonds. The van der Waals surface area contributed by atoms with Crippen molar-refractivity contribution in [2.75, 3.05) is 0 Å². The highest BCUT2D eigenvalue weighted by Crippen LogP contribution is 2.64. The normalized spacial score (nSPS) is 48.0. The van der Waals surface area contributed by atoms with Crippen LogP contribution < -0.4 is 0 Å². The summed E-state index contributed by atoms with van der Waals surface area (Å²) in [5.74, 6) is -0.00618. The van der Waals surface area contributed by atoms with Crippen molar-refractivity contribution >= 4 is 11.8 Å². The minimum absolute atomic E-state index is 0.0909. The molecule has 0 aromatic rings. The van der Waals surface area contributed by atoms with Gasteiger partial charge >= 0.3 is 5.97 Å². The largest absolute Gasteiger partial charge is 0.462 e. The van der Waals surface area contributed by atoms with Crippen molar-refractivity contribution in [1.29, 1.82) is 0 Å². The molecule has 1 heterocycles. The quantitative estimate of drug-likeness (QED) is 0.514. The maximum atomic E-state index is 11.7. The van der Waals surface area contributed by atoms with Crippen molar-refractivity contribution in [3.05, 3.63) is 0 Å². The second-order valence-electron chi connectivity index (χ2n) is 5.76. The number of epoxide rings is 1. The molecule has 1 spiro atoms. The van der Waals surface area contributed by atoms with E-state index in [1.165, 1.54) is 6.92 Å². The van der Waals surface area contributed by atoms with E-state index in [-0.39, 0.29) is 35.0 Å². The van der Waals surface area contributed by atoms with Crippen molar-refractivity contribution in [2.24, 2.45) is 5.41 Å². The lowest BCUT2D eigenvalue weighted by molar-refractivity contribution is -0.163. The highest BCUT2D eigenvalue weighted by molar-refractivity contribution is 5.88. The molecule has 2 saturated carbocycles. The van der Waals surface area contributed by atoms with Crippen LogP contribution in [-0.2, 0) is 19.1 Å². The number of ketones is 1. The standard InChI is InChI=1S/C13H18O4/c1-8(14)16-10-4-3-6-13-11(17-13)9(15)5-7-12(10,13)2/h10-11H,3-7H2,1-2H3/t10-,11+,12+,13+/m1/s1. The fraction of sp³-hybridized carbons (Fsp3) is 0.846. The summed E-state index contributed by atoms with van der Waals surface area (Å²) in [5, 5.41) is 0. The molecule has 17 heavy (non-hydrogen) atoms. The van der Waals surface area contributed by atoms with Gasteiger partial charge in [-0.25, -0.2) is 0 Å². The Hall–Kier alpha value is -0.900. The van der Waals surface area contributed by atoms with Crippen LogP contribution in [0.5, 0.6) is 0 Å². The molecule has 3 rings (SSSR count). The Morgan fingerprint density at radius 3 is 2.94 bits per heavy atom. The van der Waals surface area contributed by atoms with Crippen LogP contribution >= 0.6 is 0 Å². The lowest BCUT2D eigenvalue weighted by Crippen LogP contribution is -2.54. The smallest absolute Gasteiger partial charge is 0.302 e. The Balaban J connectivity index is 1.90. The van der Waals surface area contributed by atoms with Crippen LogP contribution in [0.25, 0.3) is 0 Å². The number of hydrogen-bond donors (Lipinski definition) is 0. The number of esters is 1. The van der Waals surface area contributed by atoms with Gasteiger partial charge in [-0.1, -0.05) is 6.92 Å². The van der Waals surface area contributed by atoms with Crippen LogP contribution in [0, 0.1) is 5.41 Å². The van der Waals surface area contributed by atoms with E-state index in [0.717, 1.165) is 25.7 Å². The van der Waals surface area contributed by atoms with Crippen molar-refractivity contribution in [1.82, 2.24) is 0 Å². The van der Waals surface area contributed by atoms with Gasteiger partial charge in [0.25, 0.3) is 0 Å². The van der Waals surface area contributed by atoms with Gasteiger partial charge in [0.2, 0.25) is 0 Å². The predicted octanol–water partition coefficient (Wildman–Crippen LogP) is 1.61. The summed E-state index contributed by atoms with van der Waals surface area (Å²) < 4.78 is 11.2. The molecular weight excluding hydrogens is 220 g/mol. The van der Waals surface area contributed by atoms with Crippen molar-refractivity contribution in [3.63, 3.8) is 0 Å². The Bertz CT molecular complexity index is 391. The van der Waals surface area contributed by atoms with E-state index in [0.29, 0.717) is 6.42 Å². The molecule has 1 aliphatic heterocycles. The molecule has 3 aliphatic rings. The van der Waals surface area contributed by atoms with Gasteiger partial charge in [-0.05, 0) is 25.7 Å². The van der Waals surface area contributed by atoms with Crippen LogP contribution in [0.15, 0.2) is 0 Å². The molecule has 0 N–H and O–H groups in total.